The molecular formula is C12H15BrN2OS2. The summed E-state index contributed by atoms with van der Waals surface area (Å²) in [6.45, 7) is 0.725. The molecule has 3 nitrogen and oxygen atoms in total. The van der Waals surface area contributed by atoms with Gasteiger partial charge in [-0.2, -0.15) is 23.5 Å². The number of thioether (sulfide) groups is 2. The van der Waals surface area contributed by atoms with Gasteiger partial charge in [0.25, 0.3) is 5.91 Å². The van der Waals surface area contributed by atoms with Crippen LogP contribution in [0.15, 0.2) is 22.7 Å². The molecule has 98 valence electrons. The topological polar surface area (TPSA) is 55.1 Å². The monoisotopic (exact) mass is 346 g/mol. The Kier molecular flexibility index (Phi) is 5.26. The van der Waals surface area contributed by atoms with Gasteiger partial charge < -0.3 is 11.1 Å². The van der Waals surface area contributed by atoms with Crippen LogP contribution in [0.4, 0.5) is 5.69 Å². The normalized spacial score (nSPS) is 19.5. The largest absolute Gasteiger partial charge is 0.399 e. The first-order chi connectivity index (χ1) is 8.65. The fraction of sp³-hybridized carbons (Fsp3) is 0.417. The summed E-state index contributed by atoms with van der Waals surface area (Å²) in [5.41, 5.74) is 6.92. The van der Waals surface area contributed by atoms with Crippen LogP contribution in [0.3, 0.4) is 0 Å². The van der Waals surface area contributed by atoms with Gasteiger partial charge in [0.15, 0.2) is 0 Å². The molecule has 1 atom stereocenters. The highest BCUT2D eigenvalue weighted by Crippen LogP contribution is 2.23. The lowest BCUT2D eigenvalue weighted by Gasteiger charge is -2.21. The van der Waals surface area contributed by atoms with E-state index in [2.05, 4.69) is 21.2 Å². The Labute approximate surface area is 124 Å². The number of nitrogens with two attached hydrogens (primary N) is 1. The van der Waals surface area contributed by atoms with Crippen LogP contribution < -0.4 is 11.1 Å². The fourth-order valence-electron chi connectivity index (χ4n) is 1.71. The molecule has 6 heteroatoms. The van der Waals surface area contributed by atoms with E-state index in [1.54, 1.807) is 18.2 Å². The van der Waals surface area contributed by atoms with Gasteiger partial charge in [0.2, 0.25) is 0 Å². The molecule has 3 N–H and O–H groups in total. The highest BCUT2D eigenvalue weighted by Gasteiger charge is 2.15. The van der Waals surface area contributed by atoms with Crippen LogP contribution in [-0.2, 0) is 0 Å². The molecule has 1 saturated heterocycles. The average molecular weight is 347 g/mol. The Morgan fingerprint density at radius 3 is 2.94 bits per heavy atom. The van der Waals surface area contributed by atoms with Crippen molar-refractivity contribution in [3.8, 4) is 0 Å². The first kappa shape index (κ1) is 14.1. The van der Waals surface area contributed by atoms with Crippen molar-refractivity contribution in [2.45, 2.75) is 5.25 Å². The number of nitrogen functional groups attached to an aromatic ring is 1. The maximum atomic E-state index is 12.0. The molecule has 0 radical (unpaired) electrons. The van der Waals surface area contributed by atoms with Crippen molar-refractivity contribution in [1.29, 1.82) is 0 Å². The Bertz CT molecular complexity index is 416. The lowest BCUT2D eigenvalue weighted by atomic mass is 10.2. The van der Waals surface area contributed by atoms with Crippen molar-refractivity contribution < 1.29 is 4.79 Å². The second-order valence-corrected chi connectivity index (χ2v) is 7.52. The number of nitrogens with one attached hydrogen (secondary N) is 1. The summed E-state index contributed by atoms with van der Waals surface area (Å²) in [6.07, 6.45) is 0. The van der Waals surface area contributed by atoms with E-state index in [4.69, 9.17) is 5.73 Å². The van der Waals surface area contributed by atoms with Crippen molar-refractivity contribution in [3.63, 3.8) is 0 Å². The molecule has 1 fully saturated rings. The summed E-state index contributed by atoms with van der Waals surface area (Å²) < 4.78 is 0.829. The van der Waals surface area contributed by atoms with E-state index in [9.17, 15) is 4.79 Å². The first-order valence-corrected chi connectivity index (χ1v) is 8.68. The summed E-state index contributed by atoms with van der Waals surface area (Å²) in [4.78, 5) is 12.0. The number of carbonyl (C=O) groups is 1. The van der Waals surface area contributed by atoms with Crippen LogP contribution in [0.1, 0.15) is 10.4 Å². The fourth-order valence-corrected chi connectivity index (χ4v) is 4.83. The predicted octanol–water partition coefficient (Wildman–Crippen LogP) is 2.61. The van der Waals surface area contributed by atoms with Crippen molar-refractivity contribution in [3.05, 3.63) is 28.2 Å². The van der Waals surface area contributed by atoms with Crippen molar-refractivity contribution >= 4 is 51.0 Å². The SMILES string of the molecule is Nc1cc(Br)cc(C(=O)NCC2CSCCS2)c1. The minimum atomic E-state index is -0.0563. The Morgan fingerprint density at radius 1 is 1.44 bits per heavy atom. The van der Waals surface area contributed by atoms with E-state index in [0.717, 1.165) is 16.8 Å². The smallest absolute Gasteiger partial charge is 0.251 e. The number of rotatable bonds is 3. The molecular weight excluding hydrogens is 332 g/mol. The van der Waals surface area contributed by atoms with Crippen LogP contribution >= 0.6 is 39.5 Å². The number of anilines is 1. The molecule has 1 aromatic rings. The van der Waals surface area contributed by atoms with Crippen LogP contribution in [0.25, 0.3) is 0 Å². The molecule has 18 heavy (non-hydrogen) atoms. The van der Waals surface area contributed by atoms with Gasteiger partial charge in [0.05, 0.1) is 0 Å². The third-order valence-corrected chi connectivity index (χ3v) is 5.86. The first-order valence-electron chi connectivity index (χ1n) is 5.69. The van der Waals surface area contributed by atoms with Crippen LogP contribution in [0, 0.1) is 0 Å². The van der Waals surface area contributed by atoms with Gasteiger partial charge >= 0.3 is 0 Å². The number of hydrogen-bond donors (Lipinski definition) is 2. The maximum absolute atomic E-state index is 12.0. The number of benzene rings is 1. The zero-order chi connectivity index (χ0) is 13.0. The number of hydrogen-bond acceptors (Lipinski definition) is 4. The Hall–Kier alpha value is -0.330. The average Bonchev–Trinajstić information content (AvgIpc) is 2.36. The number of halogens is 1. The molecule has 1 aromatic carbocycles. The van der Waals surface area contributed by atoms with E-state index < -0.39 is 0 Å². The highest BCUT2D eigenvalue weighted by molar-refractivity contribution is 9.10. The maximum Gasteiger partial charge on any atom is 0.251 e. The van der Waals surface area contributed by atoms with Crippen molar-refractivity contribution in [2.75, 3.05) is 29.5 Å². The Balaban J connectivity index is 1.90. The zero-order valence-corrected chi connectivity index (χ0v) is 13.0. The van der Waals surface area contributed by atoms with Gasteiger partial charge in [-0.05, 0) is 18.2 Å². The minimum absolute atomic E-state index is 0.0563. The van der Waals surface area contributed by atoms with E-state index in [1.165, 1.54) is 11.5 Å². The van der Waals surface area contributed by atoms with E-state index in [1.807, 2.05) is 23.5 Å². The van der Waals surface area contributed by atoms with Gasteiger partial charge in [0, 0.05) is 44.8 Å². The third-order valence-electron chi connectivity index (χ3n) is 2.56. The van der Waals surface area contributed by atoms with Gasteiger partial charge in [-0.3, -0.25) is 4.79 Å². The van der Waals surface area contributed by atoms with Gasteiger partial charge in [0.1, 0.15) is 0 Å². The number of carbonyl (C=O) groups excluding carboxylic acids is 1. The summed E-state index contributed by atoms with van der Waals surface area (Å²) >= 11 is 7.23. The summed E-state index contributed by atoms with van der Waals surface area (Å²) in [7, 11) is 0. The lowest BCUT2D eigenvalue weighted by Crippen LogP contribution is -2.33. The molecule has 1 unspecified atom stereocenters. The predicted molar refractivity (Wildman–Crippen MR) is 84.5 cm³/mol. The second-order valence-electron chi connectivity index (χ2n) is 4.05. The third kappa shape index (κ3) is 4.10. The van der Waals surface area contributed by atoms with Gasteiger partial charge in [-0.15, -0.1) is 0 Å². The number of amides is 1. The van der Waals surface area contributed by atoms with Gasteiger partial charge in [-0.25, -0.2) is 0 Å². The second kappa shape index (κ2) is 6.73. The van der Waals surface area contributed by atoms with Crippen molar-refractivity contribution in [1.82, 2.24) is 5.32 Å². The molecule has 2 rings (SSSR count). The standard InChI is InChI=1S/C12H15BrN2OS2/c13-9-3-8(4-10(14)5-9)12(16)15-6-11-7-17-1-2-18-11/h3-5,11H,1-2,6-7,14H2,(H,15,16). The highest BCUT2D eigenvalue weighted by atomic mass is 79.9. The molecule has 0 aliphatic carbocycles. The zero-order valence-electron chi connectivity index (χ0n) is 9.82. The van der Waals surface area contributed by atoms with E-state index in [-0.39, 0.29) is 5.91 Å². The lowest BCUT2D eigenvalue weighted by molar-refractivity contribution is 0.0954. The molecule has 1 amide bonds. The van der Waals surface area contributed by atoms with Crippen LogP contribution in [-0.4, -0.2) is 35.0 Å². The summed E-state index contributed by atoms with van der Waals surface area (Å²) in [5.74, 6) is 3.46. The Morgan fingerprint density at radius 2 is 2.28 bits per heavy atom. The van der Waals surface area contributed by atoms with Gasteiger partial charge in [-0.1, -0.05) is 15.9 Å². The minimum Gasteiger partial charge on any atom is -0.399 e. The molecule has 1 heterocycles. The molecule has 0 aromatic heterocycles. The quantitative estimate of drug-likeness (QED) is 0.826. The van der Waals surface area contributed by atoms with Crippen LogP contribution in [0.2, 0.25) is 0 Å². The molecule has 1 aliphatic rings. The summed E-state index contributed by atoms with van der Waals surface area (Å²) in [6, 6.07) is 5.27. The molecule has 0 saturated carbocycles. The van der Waals surface area contributed by atoms with E-state index >= 15 is 0 Å². The van der Waals surface area contributed by atoms with Crippen LogP contribution in [0.5, 0.6) is 0 Å². The van der Waals surface area contributed by atoms with E-state index in [0.29, 0.717) is 16.5 Å². The summed E-state index contributed by atoms with van der Waals surface area (Å²) in [5, 5.41) is 3.50. The molecule has 0 bridgehead atoms. The molecule has 0 spiro atoms. The molecule has 1 aliphatic heterocycles. The van der Waals surface area contributed by atoms with Crippen molar-refractivity contribution in [2.24, 2.45) is 0 Å².